The summed E-state index contributed by atoms with van der Waals surface area (Å²) in [6, 6.07) is 19.7. The van der Waals surface area contributed by atoms with Crippen LogP contribution in [-0.2, 0) is 4.79 Å². The van der Waals surface area contributed by atoms with E-state index in [1.807, 2.05) is 55.5 Å². The number of anilines is 1. The van der Waals surface area contributed by atoms with Crippen molar-refractivity contribution in [2.75, 3.05) is 11.1 Å². The highest BCUT2D eigenvalue weighted by Gasteiger charge is 2.12. The van der Waals surface area contributed by atoms with Crippen LogP contribution in [0.4, 0.5) is 5.69 Å². The highest BCUT2D eigenvalue weighted by molar-refractivity contribution is 7.99. The van der Waals surface area contributed by atoms with E-state index in [1.54, 1.807) is 4.52 Å². The number of fused-ring (bicyclic) bond motifs is 1. The molecule has 0 unspecified atom stereocenters. The van der Waals surface area contributed by atoms with Crippen LogP contribution in [0.3, 0.4) is 0 Å². The van der Waals surface area contributed by atoms with E-state index in [0.717, 1.165) is 22.5 Å². The van der Waals surface area contributed by atoms with Crippen LogP contribution < -0.4 is 5.32 Å². The molecule has 140 valence electrons. The number of nitrogens with one attached hydrogen (secondary N) is 1. The number of thioether (sulfide) groups is 1. The molecule has 2 aromatic heterocycles. The van der Waals surface area contributed by atoms with Crippen LogP contribution in [0.15, 0.2) is 65.8 Å². The van der Waals surface area contributed by atoms with Gasteiger partial charge in [0.2, 0.25) is 11.1 Å². The minimum Gasteiger partial charge on any atom is -0.325 e. The summed E-state index contributed by atoms with van der Waals surface area (Å²) >= 11 is 1.31. The molecular weight excluding hydrogens is 370 g/mol. The summed E-state index contributed by atoms with van der Waals surface area (Å²) in [5.41, 5.74) is 5.59. The molecule has 7 heteroatoms. The third-order valence-electron chi connectivity index (χ3n) is 4.22. The van der Waals surface area contributed by atoms with Gasteiger partial charge in [0.25, 0.3) is 0 Å². The van der Waals surface area contributed by atoms with Crippen molar-refractivity contribution in [2.45, 2.75) is 19.0 Å². The van der Waals surface area contributed by atoms with Gasteiger partial charge in [-0.25, -0.2) is 0 Å². The molecule has 0 saturated carbocycles. The number of benzene rings is 2. The van der Waals surface area contributed by atoms with Gasteiger partial charge in [0.15, 0.2) is 5.65 Å². The monoisotopic (exact) mass is 389 g/mol. The molecule has 0 aliphatic heterocycles. The van der Waals surface area contributed by atoms with E-state index >= 15 is 0 Å². The number of carbonyl (C=O) groups excluding carboxylic acids is 1. The van der Waals surface area contributed by atoms with Crippen molar-refractivity contribution in [3.63, 3.8) is 0 Å². The van der Waals surface area contributed by atoms with Gasteiger partial charge in [-0.3, -0.25) is 4.79 Å². The molecule has 0 fully saturated rings. The zero-order valence-corrected chi connectivity index (χ0v) is 16.4. The number of aromatic nitrogens is 4. The van der Waals surface area contributed by atoms with Gasteiger partial charge in [-0.2, -0.15) is 9.61 Å². The zero-order chi connectivity index (χ0) is 19.5. The molecular formula is C21H19N5OS. The van der Waals surface area contributed by atoms with Gasteiger partial charge in [-0.05, 0) is 43.7 Å². The van der Waals surface area contributed by atoms with Crippen molar-refractivity contribution in [3.8, 4) is 11.3 Å². The smallest absolute Gasteiger partial charge is 0.234 e. The number of amides is 1. The third-order valence-corrected chi connectivity index (χ3v) is 5.14. The Kier molecular flexibility index (Phi) is 5.08. The first-order valence-corrected chi connectivity index (χ1v) is 9.86. The predicted molar refractivity (Wildman–Crippen MR) is 111 cm³/mol. The fraction of sp³-hybridized carbons (Fsp3) is 0.143. The molecule has 1 amide bonds. The first kappa shape index (κ1) is 18.2. The Morgan fingerprint density at radius 3 is 2.61 bits per heavy atom. The molecule has 0 aliphatic carbocycles. The van der Waals surface area contributed by atoms with Crippen molar-refractivity contribution < 1.29 is 4.79 Å². The van der Waals surface area contributed by atoms with Crippen LogP contribution in [0.1, 0.15) is 11.1 Å². The fourth-order valence-electron chi connectivity index (χ4n) is 2.79. The molecule has 4 aromatic rings. The summed E-state index contributed by atoms with van der Waals surface area (Å²) in [5.74, 6) is 0.132. The Balaban J connectivity index is 1.50. The van der Waals surface area contributed by atoms with E-state index in [9.17, 15) is 4.79 Å². The van der Waals surface area contributed by atoms with Crippen molar-refractivity contribution in [3.05, 3.63) is 71.8 Å². The zero-order valence-electron chi connectivity index (χ0n) is 15.6. The second kappa shape index (κ2) is 7.82. The molecule has 28 heavy (non-hydrogen) atoms. The Bertz CT molecular complexity index is 1140. The fourth-order valence-corrected chi connectivity index (χ4v) is 3.48. The molecule has 0 saturated heterocycles. The van der Waals surface area contributed by atoms with Gasteiger partial charge in [0.1, 0.15) is 0 Å². The van der Waals surface area contributed by atoms with Crippen molar-refractivity contribution in [1.29, 1.82) is 0 Å². The molecule has 0 spiro atoms. The first-order chi connectivity index (χ1) is 13.6. The molecule has 0 radical (unpaired) electrons. The molecule has 0 aliphatic rings. The summed E-state index contributed by atoms with van der Waals surface area (Å²) in [5, 5.41) is 16.4. The Morgan fingerprint density at radius 2 is 1.82 bits per heavy atom. The van der Waals surface area contributed by atoms with E-state index in [4.69, 9.17) is 0 Å². The maximum absolute atomic E-state index is 12.3. The minimum atomic E-state index is -0.0953. The highest BCUT2D eigenvalue weighted by Crippen LogP contribution is 2.21. The van der Waals surface area contributed by atoms with Gasteiger partial charge in [0, 0.05) is 11.3 Å². The second-order valence-corrected chi connectivity index (χ2v) is 7.49. The summed E-state index contributed by atoms with van der Waals surface area (Å²) in [6.45, 7) is 4.04. The van der Waals surface area contributed by atoms with Gasteiger partial charge < -0.3 is 5.32 Å². The topological polar surface area (TPSA) is 72.2 Å². The number of hydrogen-bond donors (Lipinski definition) is 1. The van der Waals surface area contributed by atoms with E-state index in [2.05, 4.69) is 39.7 Å². The summed E-state index contributed by atoms with van der Waals surface area (Å²) in [6.07, 6.45) is 0. The average Bonchev–Trinajstić information content (AvgIpc) is 3.09. The predicted octanol–water partition coefficient (Wildman–Crippen LogP) is 4.14. The lowest BCUT2D eigenvalue weighted by Crippen LogP contribution is -2.14. The molecule has 2 heterocycles. The second-order valence-electron chi connectivity index (χ2n) is 6.54. The number of carbonyl (C=O) groups is 1. The molecule has 0 atom stereocenters. The van der Waals surface area contributed by atoms with Crippen LogP contribution in [0, 0.1) is 13.8 Å². The van der Waals surface area contributed by atoms with Gasteiger partial charge in [-0.1, -0.05) is 53.7 Å². The van der Waals surface area contributed by atoms with Gasteiger partial charge in [-0.15, -0.1) is 10.2 Å². The maximum Gasteiger partial charge on any atom is 0.234 e. The number of nitrogens with zero attached hydrogens (tertiary/aromatic N) is 4. The van der Waals surface area contributed by atoms with Crippen LogP contribution in [0.2, 0.25) is 0 Å². The molecule has 2 aromatic carbocycles. The van der Waals surface area contributed by atoms with Crippen molar-refractivity contribution in [2.24, 2.45) is 0 Å². The van der Waals surface area contributed by atoms with E-state index in [-0.39, 0.29) is 11.7 Å². The average molecular weight is 389 g/mol. The number of hydrogen-bond acceptors (Lipinski definition) is 5. The van der Waals surface area contributed by atoms with Crippen molar-refractivity contribution >= 4 is 29.0 Å². The molecule has 0 bridgehead atoms. The lowest BCUT2D eigenvalue weighted by Gasteiger charge is -2.06. The van der Waals surface area contributed by atoms with Crippen LogP contribution >= 0.6 is 11.8 Å². The summed E-state index contributed by atoms with van der Waals surface area (Å²) < 4.78 is 1.68. The highest BCUT2D eigenvalue weighted by atomic mass is 32.2. The summed E-state index contributed by atoms with van der Waals surface area (Å²) in [4.78, 5) is 12.3. The number of rotatable bonds is 5. The quantitative estimate of drug-likeness (QED) is 0.520. The minimum absolute atomic E-state index is 0.0953. The maximum atomic E-state index is 12.3. The standard InChI is InChI=1S/C21H19N5OS/c1-14-6-8-16(9-7-14)18-10-11-19-23-24-21(26(19)25-18)28-13-20(27)22-17-5-3-4-15(2)12-17/h3-12H,13H2,1-2H3,(H,22,27). The lowest BCUT2D eigenvalue weighted by molar-refractivity contribution is -0.113. The summed E-state index contributed by atoms with van der Waals surface area (Å²) in [7, 11) is 0. The molecule has 1 N–H and O–H groups in total. The Hall–Kier alpha value is -3.19. The Labute approximate surface area is 167 Å². The molecule has 4 rings (SSSR count). The van der Waals surface area contributed by atoms with Crippen LogP contribution in [0.5, 0.6) is 0 Å². The van der Waals surface area contributed by atoms with Crippen LogP contribution in [-0.4, -0.2) is 31.5 Å². The SMILES string of the molecule is Cc1ccc(-c2ccc3nnc(SCC(=O)Nc4cccc(C)c4)n3n2)cc1. The third kappa shape index (κ3) is 4.04. The van der Waals surface area contributed by atoms with E-state index in [1.165, 1.54) is 17.3 Å². The number of aryl methyl sites for hydroxylation is 2. The van der Waals surface area contributed by atoms with Crippen molar-refractivity contribution in [1.82, 2.24) is 19.8 Å². The van der Waals surface area contributed by atoms with E-state index < -0.39 is 0 Å². The lowest BCUT2D eigenvalue weighted by atomic mass is 10.1. The van der Waals surface area contributed by atoms with Crippen LogP contribution in [0.25, 0.3) is 16.9 Å². The normalized spacial score (nSPS) is 10.9. The largest absolute Gasteiger partial charge is 0.325 e. The van der Waals surface area contributed by atoms with Gasteiger partial charge in [0.05, 0.1) is 11.4 Å². The van der Waals surface area contributed by atoms with E-state index in [0.29, 0.717) is 10.8 Å². The van der Waals surface area contributed by atoms with Gasteiger partial charge >= 0.3 is 0 Å². The molecule has 6 nitrogen and oxygen atoms in total. The Morgan fingerprint density at radius 1 is 1.00 bits per heavy atom. The first-order valence-electron chi connectivity index (χ1n) is 8.87.